The summed E-state index contributed by atoms with van der Waals surface area (Å²) in [5.74, 6) is 0. The maximum Gasteiger partial charge on any atom is 0.0900 e. The van der Waals surface area contributed by atoms with Crippen molar-refractivity contribution in [3.05, 3.63) is 35.4 Å². The average Bonchev–Trinajstić information content (AvgIpc) is 3.50. The summed E-state index contributed by atoms with van der Waals surface area (Å²) >= 11 is 0. The van der Waals surface area contributed by atoms with Gasteiger partial charge >= 0.3 is 0 Å². The first-order valence-corrected chi connectivity index (χ1v) is 10.0. The van der Waals surface area contributed by atoms with E-state index in [0.29, 0.717) is 18.7 Å². The van der Waals surface area contributed by atoms with Crippen molar-refractivity contribution in [1.82, 2.24) is 4.90 Å². The van der Waals surface area contributed by atoms with Crippen LogP contribution in [0.5, 0.6) is 0 Å². The second kappa shape index (κ2) is 8.17. The van der Waals surface area contributed by atoms with Crippen LogP contribution in [-0.4, -0.2) is 54.6 Å². The molecule has 4 rings (SSSR count). The highest BCUT2D eigenvalue weighted by Crippen LogP contribution is 2.40. The van der Waals surface area contributed by atoms with Gasteiger partial charge in [0.1, 0.15) is 0 Å². The second-order valence-electron chi connectivity index (χ2n) is 7.83. The Morgan fingerprint density at radius 3 is 2.72 bits per heavy atom. The topological polar surface area (TPSA) is 41.9 Å². The largest absolute Gasteiger partial charge is 0.389 e. The van der Waals surface area contributed by atoms with Crippen molar-refractivity contribution in [3.8, 4) is 0 Å². The van der Waals surface area contributed by atoms with E-state index >= 15 is 0 Å². The molecule has 2 unspecified atom stereocenters. The molecule has 1 saturated heterocycles. The first-order valence-electron chi connectivity index (χ1n) is 10.0. The second-order valence-corrected chi connectivity index (χ2v) is 7.83. The Bertz CT molecular complexity index is 554. The number of ether oxygens (including phenoxy) is 2. The SMILES string of the molecule is OC(COC1CCOCC1)CN(C1CC1)C1CCCc2ccccc21. The van der Waals surface area contributed by atoms with Crippen LogP contribution in [0.2, 0.25) is 0 Å². The molecular formula is C21H31NO3. The van der Waals surface area contributed by atoms with Crippen molar-refractivity contribution < 1.29 is 14.6 Å². The Morgan fingerprint density at radius 1 is 1.12 bits per heavy atom. The molecule has 0 amide bonds. The minimum absolute atomic E-state index is 0.258. The van der Waals surface area contributed by atoms with Crippen molar-refractivity contribution in [2.24, 2.45) is 0 Å². The van der Waals surface area contributed by atoms with Gasteiger partial charge in [0.2, 0.25) is 0 Å². The molecule has 138 valence electrons. The van der Waals surface area contributed by atoms with Crippen LogP contribution in [0, 0.1) is 0 Å². The molecule has 2 aliphatic carbocycles. The number of aliphatic hydroxyl groups is 1. The highest BCUT2D eigenvalue weighted by Gasteiger charge is 2.37. The number of nitrogens with zero attached hydrogens (tertiary/aromatic N) is 1. The number of fused-ring (bicyclic) bond motifs is 1. The number of rotatable bonds is 7. The maximum absolute atomic E-state index is 10.6. The lowest BCUT2D eigenvalue weighted by Crippen LogP contribution is -2.41. The Morgan fingerprint density at radius 2 is 1.92 bits per heavy atom. The van der Waals surface area contributed by atoms with Gasteiger partial charge < -0.3 is 14.6 Å². The molecule has 1 aromatic rings. The van der Waals surface area contributed by atoms with Crippen molar-refractivity contribution in [2.45, 2.75) is 69.2 Å². The maximum atomic E-state index is 10.6. The quantitative estimate of drug-likeness (QED) is 0.825. The lowest BCUT2D eigenvalue weighted by molar-refractivity contribution is -0.0671. The van der Waals surface area contributed by atoms with E-state index in [9.17, 15) is 5.11 Å². The summed E-state index contributed by atoms with van der Waals surface area (Å²) in [7, 11) is 0. The fourth-order valence-corrected chi connectivity index (χ4v) is 4.40. The smallest absolute Gasteiger partial charge is 0.0900 e. The molecule has 2 atom stereocenters. The summed E-state index contributed by atoms with van der Waals surface area (Å²) in [5, 5.41) is 10.6. The van der Waals surface area contributed by atoms with Crippen molar-refractivity contribution in [3.63, 3.8) is 0 Å². The zero-order valence-corrected chi connectivity index (χ0v) is 15.1. The Hall–Kier alpha value is -0.940. The van der Waals surface area contributed by atoms with Crippen LogP contribution in [-0.2, 0) is 15.9 Å². The molecule has 1 aromatic carbocycles. The monoisotopic (exact) mass is 345 g/mol. The van der Waals surface area contributed by atoms with E-state index in [0.717, 1.165) is 32.6 Å². The van der Waals surface area contributed by atoms with E-state index in [-0.39, 0.29) is 6.10 Å². The highest BCUT2D eigenvalue weighted by atomic mass is 16.5. The third kappa shape index (κ3) is 4.43. The summed E-state index contributed by atoms with van der Waals surface area (Å²) in [6, 6.07) is 9.99. The highest BCUT2D eigenvalue weighted by molar-refractivity contribution is 5.32. The van der Waals surface area contributed by atoms with Crippen molar-refractivity contribution in [2.75, 3.05) is 26.4 Å². The first-order chi connectivity index (χ1) is 12.3. The van der Waals surface area contributed by atoms with E-state index in [4.69, 9.17) is 9.47 Å². The Labute approximate surface area is 151 Å². The molecule has 1 N–H and O–H groups in total. The molecule has 4 heteroatoms. The molecular weight excluding hydrogens is 314 g/mol. The van der Waals surface area contributed by atoms with Crippen LogP contribution < -0.4 is 0 Å². The zero-order valence-electron chi connectivity index (χ0n) is 15.1. The number of aliphatic hydroxyl groups excluding tert-OH is 1. The summed E-state index contributed by atoms with van der Waals surface area (Å²) in [4.78, 5) is 2.57. The molecule has 1 aliphatic heterocycles. The van der Waals surface area contributed by atoms with Crippen molar-refractivity contribution in [1.29, 1.82) is 0 Å². The number of hydrogen-bond acceptors (Lipinski definition) is 4. The Balaban J connectivity index is 1.37. The molecule has 1 saturated carbocycles. The molecule has 0 spiro atoms. The predicted molar refractivity (Wildman–Crippen MR) is 97.6 cm³/mol. The van der Waals surface area contributed by atoms with E-state index in [1.807, 2.05) is 0 Å². The molecule has 1 heterocycles. The van der Waals surface area contributed by atoms with Gasteiger partial charge in [-0.2, -0.15) is 0 Å². The molecule has 0 bridgehead atoms. The zero-order chi connectivity index (χ0) is 17.1. The van der Waals surface area contributed by atoms with Gasteiger partial charge in [0.05, 0.1) is 18.8 Å². The van der Waals surface area contributed by atoms with E-state index < -0.39 is 6.10 Å². The summed E-state index contributed by atoms with van der Waals surface area (Å²) in [5.41, 5.74) is 2.98. The van der Waals surface area contributed by atoms with Gasteiger partial charge in [-0.1, -0.05) is 24.3 Å². The third-order valence-electron chi connectivity index (χ3n) is 5.87. The van der Waals surface area contributed by atoms with E-state index in [1.54, 1.807) is 0 Å². The van der Waals surface area contributed by atoms with Crippen molar-refractivity contribution >= 4 is 0 Å². The first kappa shape index (κ1) is 17.5. The molecule has 3 aliphatic rings. The van der Waals surface area contributed by atoms with Crippen LogP contribution in [0.25, 0.3) is 0 Å². The normalized spacial score (nSPS) is 25.8. The van der Waals surface area contributed by atoms with Gasteiger partial charge in [-0.05, 0) is 56.1 Å². The molecule has 2 fully saturated rings. The van der Waals surface area contributed by atoms with Crippen LogP contribution in [0.15, 0.2) is 24.3 Å². The number of hydrogen-bond donors (Lipinski definition) is 1. The van der Waals surface area contributed by atoms with Crippen LogP contribution >= 0.6 is 0 Å². The summed E-state index contributed by atoms with van der Waals surface area (Å²) in [6.45, 7) is 2.75. The van der Waals surface area contributed by atoms with Gasteiger partial charge in [-0.25, -0.2) is 0 Å². The molecule has 0 radical (unpaired) electrons. The van der Waals surface area contributed by atoms with E-state index in [2.05, 4.69) is 29.2 Å². The minimum atomic E-state index is -0.405. The van der Waals surface area contributed by atoms with E-state index in [1.165, 1.54) is 43.2 Å². The standard InChI is InChI=1S/C21H31NO3/c23-18(15-25-19-10-12-24-13-11-19)14-22(17-8-9-17)21-7-3-5-16-4-1-2-6-20(16)21/h1-2,4,6,17-19,21,23H,3,5,7-15H2. The van der Waals surface area contributed by atoms with Gasteiger partial charge in [-0.15, -0.1) is 0 Å². The average molecular weight is 345 g/mol. The minimum Gasteiger partial charge on any atom is -0.389 e. The van der Waals surface area contributed by atoms with Gasteiger partial charge in [0, 0.05) is 31.8 Å². The predicted octanol–water partition coefficient (Wildman–Crippen LogP) is 3.08. The molecule has 0 aromatic heterocycles. The molecule has 25 heavy (non-hydrogen) atoms. The van der Waals surface area contributed by atoms with Crippen LogP contribution in [0.1, 0.15) is 55.7 Å². The number of aryl methyl sites for hydroxylation is 1. The lowest BCUT2D eigenvalue weighted by atomic mass is 9.86. The Kier molecular flexibility index (Phi) is 5.71. The fraction of sp³-hybridized carbons (Fsp3) is 0.714. The van der Waals surface area contributed by atoms with Crippen LogP contribution in [0.3, 0.4) is 0 Å². The summed E-state index contributed by atoms with van der Waals surface area (Å²) < 4.78 is 11.3. The van der Waals surface area contributed by atoms with Gasteiger partial charge in [0.25, 0.3) is 0 Å². The van der Waals surface area contributed by atoms with Crippen LogP contribution in [0.4, 0.5) is 0 Å². The lowest BCUT2D eigenvalue weighted by Gasteiger charge is -2.37. The number of benzene rings is 1. The molecule has 4 nitrogen and oxygen atoms in total. The third-order valence-corrected chi connectivity index (χ3v) is 5.87. The summed E-state index contributed by atoms with van der Waals surface area (Å²) in [6.07, 6.45) is 7.95. The van der Waals surface area contributed by atoms with Gasteiger partial charge in [-0.3, -0.25) is 4.90 Å². The fourth-order valence-electron chi connectivity index (χ4n) is 4.40. The van der Waals surface area contributed by atoms with Gasteiger partial charge in [0.15, 0.2) is 0 Å².